The van der Waals surface area contributed by atoms with Crippen molar-refractivity contribution in [2.75, 3.05) is 34.0 Å². The number of carboxylic acids is 1. The van der Waals surface area contributed by atoms with Gasteiger partial charge in [-0.1, -0.05) is 6.92 Å². The van der Waals surface area contributed by atoms with E-state index in [1.54, 1.807) is 14.0 Å². The lowest BCUT2D eigenvalue weighted by atomic mass is 10.0. The molecule has 0 saturated heterocycles. The van der Waals surface area contributed by atoms with Crippen molar-refractivity contribution < 1.29 is 19.4 Å². The van der Waals surface area contributed by atoms with Crippen molar-refractivity contribution in [2.45, 2.75) is 19.4 Å². The van der Waals surface area contributed by atoms with E-state index in [1.807, 2.05) is 6.92 Å². The Morgan fingerprint density at radius 3 is 2.47 bits per heavy atom. The topological polar surface area (TPSA) is 67.8 Å². The molecule has 0 amide bonds. The minimum atomic E-state index is -1.03. The Bertz CT molecular complexity index is 198. The molecule has 0 heterocycles. The van der Waals surface area contributed by atoms with Gasteiger partial charge in [0, 0.05) is 27.4 Å². The fourth-order valence-electron chi connectivity index (χ4n) is 1.22. The Hall–Kier alpha value is -0.650. The standard InChI is InChI=1S/C10H21NO4/c1-8(6-14-3)5-11-10(2,7-15-4)9(12)13/h8,11H,5-7H2,1-4H3,(H,12,13). The van der Waals surface area contributed by atoms with Crippen molar-refractivity contribution >= 4 is 5.97 Å². The molecular weight excluding hydrogens is 198 g/mol. The average molecular weight is 219 g/mol. The van der Waals surface area contributed by atoms with Crippen LogP contribution in [-0.4, -0.2) is 50.6 Å². The van der Waals surface area contributed by atoms with Gasteiger partial charge >= 0.3 is 5.97 Å². The fraction of sp³-hybridized carbons (Fsp3) is 0.900. The third-order valence-corrected chi connectivity index (χ3v) is 2.20. The average Bonchev–Trinajstić information content (AvgIpc) is 2.15. The predicted molar refractivity (Wildman–Crippen MR) is 57.0 cm³/mol. The van der Waals surface area contributed by atoms with E-state index in [4.69, 9.17) is 14.6 Å². The minimum absolute atomic E-state index is 0.141. The molecule has 0 aliphatic heterocycles. The normalized spacial score (nSPS) is 17.1. The highest BCUT2D eigenvalue weighted by Crippen LogP contribution is 2.06. The van der Waals surface area contributed by atoms with E-state index < -0.39 is 11.5 Å². The zero-order chi connectivity index (χ0) is 11.9. The van der Waals surface area contributed by atoms with Crippen LogP contribution in [0.15, 0.2) is 0 Å². The zero-order valence-electron chi connectivity index (χ0n) is 9.87. The van der Waals surface area contributed by atoms with Gasteiger partial charge in [0.25, 0.3) is 0 Å². The number of carboxylic acid groups (broad SMARTS) is 1. The lowest BCUT2D eigenvalue weighted by molar-refractivity contribution is -0.146. The summed E-state index contributed by atoms with van der Waals surface area (Å²) in [4.78, 5) is 11.0. The van der Waals surface area contributed by atoms with Gasteiger partial charge in [-0.3, -0.25) is 10.1 Å². The summed E-state index contributed by atoms with van der Waals surface area (Å²) in [5.41, 5.74) is -1.03. The first-order valence-corrected chi connectivity index (χ1v) is 4.92. The third-order valence-electron chi connectivity index (χ3n) is 2.20. The van der Waals surface area contributed by atoms with Crippen LogP contribution in [0.5, 0.6) is 0 Å². The lowest BCUT2D eigenvalue weighted by Crippen LogP contribution is -2.54. The van der Waals surface area contributed by atoms with Crippen LogP contribution in [0.1, 0.15) is 13.8 Å². The van der Waals surface area contributed by atoms with Crippen molar-refractivity contribution in [3.05, 3.63) is 0 Å². The number of ether oxygens (including phenoxy) is 2. The maximum absolute atomic E-state index is 11.0. The molecule has 0 aromatic heterocycles. The molecule has 90 valence electrons. The molecule has 2 N–H and O–H groups in total. The summed E-state index contributed by atoms with van der Waals surface area (Å²) in [5, 5.41) is 12.0. The summed E-state index contributed by atoms with van der Waals surface area (Å²) in [6, 6.07) is 0. The summed E-state index contributed by atoms with van der Waals surface area (Å²) < 4.78 is 9.86. The Morgan fingerprint density at radius 2 is 2.07 bits per heavy atom. The van der Waals surface area contributed by atoms with E-state index in [9.17, 15) is 4.79 Å². The van der Waals surface area contributed by atoms with Gasteiger partial charge in [0.2, 0.25) is 0 Å². The molecule has 5 heteroatoms. The Kier molecular flexibility index (Phi) is 6.47. The highest BCUT2D eigenvalue weighted by molar-refractivity contribution is 5.78. The van der Waals surface area contributed by atoms with E-state index in [2.05, 4.69) is 5.32 Å². The number of hydrogen-bond acceptors (Lipinski definition) is 4. The van der Waals surface area contributed by atoms with Crippen molar-refractivity contribution in [3.63, 3.8) is 0 Å². The second-order valence-electron chi connectivity index (χ2n) is 4.01. The second kappa shape index (κ2) is 6.76. The summed E-state index contributed by atoms with van der Waals surface area (Å²) in [6.45, 7) is 4.93. The molecule has 0 aromatic carbocycles. The molecule has 0 radical (unpaired) electrons. The van der Waals surface area contributed by atoms with Crippen LogP contribution in [-0.2, 0) is 14.3 Å². The van der Waals surface area contributed by atoms with Crippen molar-refractivity contribution in [1.29, 1.82) is 0 Å². The van der Waals surface area contributed by atoms with Gasteiger partial charge in [0.05, 0.1) is 6.61 Å². The van der Waals surface area contributed by atoms with E-state index in [0.29, 0.717) is 13.2 Å². The maximum Gasteiger partial charge on any atom is 0.326 e. The van der Waals surface area contributed by atoms with E-state index in [1.165, 1.54) is 7.11 Å². The Morgan fingerprint density at radius 1 is 1.47 bits per heavy atom. The number of hydrogen-bond donors (Lipinski definition) is 2. The first-order chi connectivity index (χ1) is 6.96. The van der Waals surface area contributed by atoms with E-state index in [-0.39, 0.29) is 12.5 Å². The molecule has 0 aliphatic rings. The second-order valence-corrected chi connectivity index (χ2v) is 4.01. The summed E-state index contributed by atoms with van der Waals surface area (Å²) in [5.74, 6) is -0.639. The van der Waals surface area contributed by atoms with Crippen molar-refractivity contribution in [1.82, 2.24) is 5.32 Å². The summed E-state index contributed by atoms with van der Waals surface area (Å²) in [6.07, 6.45) is 0. The minimum Gasteiger partial charge on any atom is -0.480 e. The first kappa shape index (κ1) is 14.3. The summed E-state index contributed by atoms with van der Waals surface area (Å²) >= 11 is 0. The highest BCUT2D eigenvalue weighted by Gasteiger charge is 2.32. The number of rotatable bonds is 8. The molecule has 0 saturated carbocycles. The molecule has 0 aliphatic carbocycles. The number of methoxy groups -OCH3 is 2. The van der Waals surface area contributed by atoms with E-state index in [0.717, 1.165) is 0 Å². The van der Waals surface area contributed by atoms with E-state index >= 15 is 0 Å². The van der Waals surface area contributed by atoms with Crippen LogP contribution in [0.2, 0.25) is 0 Å². The van der Waals surface area contributed by atoms with Gasteiger partial charge < -0.3 is 14.6 Å². The van der Waals surface area contributed by atoms with Gasteiger partial charge in [-0.25, -0.2) is 0 Å². The molecule has 5 nitrogen and oxygen atoms in total. The van der Waals surface area contributed by atoms with Gasteiger partial charge in [-0.15, -0.1) is 0 Å². The number of aliphatic carboxylic acids is 1. The van der Waals surface area contributed by atoms with Crippen LogP contribution in [0.4, 0.5) is 0 Å². The fourth-order valence-corrected chi connectivity index (χ4v) is 1.22. The number of carbonyl (C=O) groups is 1. The van der Waals surface area contributed by atoms with Gasteiger partial charge in [0.1, 0.15) is 5.54 Å². The van der Waals surface area contributed by atoms with Crippen molar-refractivity contribution in [2.24, 2.45) is 5.92 Å². The van der Waals surface area contributed by atoms with Crippen LogP contribution < -0.4 is 5.32 Å². The SMILES string of the molecule is COCC(C)CNC(C)(COC)C(=O)O. The lowest BCUT2D eigenvalue weighted by Gasteiger charge is -2.27. The first-order valence-electron chi connectivity index (χ1n) is 4.92. The highest BCUT2D eigenvalue weighted by atomic mass is 16.5. The van der Waals surface area contributed by atoms with Gasteiger partial charge in [-0.05, 0) is 12.8 Å². The molecule has 2 unspecified atom stereocenters. The quantitative estimate of drug-likeness (QED) is 0.616. The van der Waals surface area contributed by atoms with Crippen LogP contribution in [0.25, 0.3) is 0 Å². The Labute approximate surface area is 90.8 Å². The largest absolute Gasteiger partial charge is 0.480 e. The van der Waals surface area contributed by atoms with Crippen LogP contribution >= 0.6 is 0 Å². The molecular formula is C10H21NO4. The molecule has 2 atom stereocenters. The molecule has 15 heavy (non-hydrogen) atoms. The van der Waals surface area contributed by atoms with Gasteiger partial charge in [0.15, 0.2) is 0 Å². The summed E-state index contributed by atoms with van der Waals surface area (Å²) in [7, 11) is 3.11. The van der Waals surface area contributed by atoms with Crippen LogP contribution in [0.3, 0.4) is 0 Å². The molecule has 0 bridgehead atoms. The Balaban J connectivity index is 4.12. The smallest absolute Gasteiger partial charge is 0.326 e. The van der Waals surface area contributed by atoms with Gasteiger partial charge in [-0.2, -0.15) is 0 Å². The third kappa shape index (κ3) is 5.11. The zero-order valence-corrected chi connectivity index (χ0v) is 9.87. The molecule has 0 aromatic rings. The molecule has 0 fully saturated rings. The molecule has 0 rings (SSSR count). The monoisotopic (exact) mass is 219 g/mol. The van der Waals surface area contributed by atoms with Crippen molar-refractivity contribution in [3.8, 4) is 0 Å². The van der Waals surface area contributed by atoms with Crippen LogP contribution in [0, 0.1) is 5.92 Å². The number of nitrogens with one attached hydrogen (secondary N) is 1. The predicted octanol–water partition coefficient (Wildman–Crippen LogP) is 0.348. The molecule has 0 spiro atoms. The maximum atomic E-state index is 11.0.